The van der Waals surface area contributed by atoms with Gasteiger partial charge in [0.2, 0.25) is 5.88 Å². The zero-order chi connectivity index (χ0) is 9.97. The van der Waals surface area contributed by atoms with E-state index in [4.69, 9.17) is 15.2 Å². The van der Waals surface area contributed by atoms with Gasteiger partial charge >= 0.3 is 0 Å². The van der Waals surface area contributed by atoms with Crippen molar-refractivity contribution in [2.75, 3.05) is 7.11 Å². The van der Waals surface area contributed by atoms with Crippen molar-refractivity contribution in [1.29, 1.82) is 0 Å². The molecule has 0 bridgehead atoms. The summed E-state index contributed by atoms with van der Waals surface area (Å²) in [6.45, 7) is 0.443. The van der Waals surface area contributed by atoms with E-state index in [-0.39, 0.29) is 0 Å². The first-order valence-corrected chi connectivity index (χ1v) is 4.73. The van der Waals surface area contributed by atoms with Crippen LogP contribution in [0.25, 0.3) is 0 Å². The van der Waals surface area contributed by atoms with E-state index in [0.717, 1.165) is 24.2 Å². The summed E-state index contributed by atoms with van der Waals surface area (Å²) in [5.41, 5.74) is 6.51. The van der Waals surface area contributed by atoms with Crippen molar-refractivity contribution in [3.05, 3.63) is 17.8 Å². The van der Waals surface area contributed by atoms with Crippen LogP contribution in [0.15, 0.2) is 12.3 Å². The van der Waals surface area contributed by atoms with Crippen LogP contribution in [0.2, 0.25) is 0 Å². The number of rotatable bonds is 4. The summed E-state index contributed by atoms with van der Waals surface area (Å²) >= 11 is 0. The molecule has 0 amide bonds. The Bertz CT molecular complexity index is 324. The van der Waals surface area contributed by atoms with Crippen LogP contribution in [0, 0.1) is 0 Å². The van der Waals surface area contributed by atoms with Gasteiger partial charge in [0.05, 0.1) is 13.2 Å². The first-order valence-electron chi connectivity index (χ1n) is 4.73. The summed E-state index contributed by atoms with van der Waals surface area (Å²) in [4.78, 5) is 4.07. The number of hydrogen-bond acceptors (Lipinski definition) is 4. The number of ether oxygens (including phenoxy) is 2. The lowest BCUT2D eigenvalue weighted by Gasteiger charge is -2.10. The minimum Gasteiger partial charge on any atom is -0.490 e. The molecule has 4 heteroatoms. The van der Waals surface area contributed by atoms with Crippen LogP contribution in [0.4, 0.5) is 0 Å². The van der Waals surface area contributed by atoms with Crippen molar-refractivity contribution >= 4 is 0 Å². The Kier molecular flexibility index (Phi) is 2.54. The third-order valence-electron chi connectivity index (χ3n) is 2.17. The first-order chi connectivity index (χ1) is 6.83. The summed E-state index contributed by atoms with van der Waals surface area (Å²) in [6.07, 6.45) is 4.34. The fourth-order valence-electron chi connectivity index (χ4n) is 1.19. The van der Waals surface area contributed by atoms with Crippen molar-refractivity contribution < 1.29 is 9.47 Å². The summed E-state index contributed by atoms with van der Waals surface area (Å²) in [5, 5.41) is 0. The van der Waals surface area contributed by atoms with Gasteiger partial charge in [-0.05, 0) is 12.8 Å². The highest BCUT2D eigenvalue weighted by molar-refractivity contribution is 5.35. The lowest BCUT2D eigenvalue weighted by molar-refractivity contribution is 0.296. The topological polar surface area (TPSA) is 57.4 Å². The van der Waals surface area contributed by atoms with E-state index in [2.05, 4.69) is 4.98 Å². The fraction of sp³-hybridized carbons (Fsp3) is 0.500. The van der Waals surface area contributed by atoms with Crippen LogP contribution < -0.4 is 15.2 Å². The molecular formula is C10H14N2O2. The van der Waals surface area contributed by atoms with Crippen molar-refractivity contribution in [2.45, 2.75) is 25.5 Å². The van der Waals surface area contributed by atoms with E-state index in [9.17, 15) is 0 Å². The molecule has 1 fully saturated rings. The van der Waals surface area contributed by atoms with Gasteiger partial charge in [-0.25, -0.2) is 4.98 Å². The molecule has 1 aliphatic carbocycles. The van der Waals surface area contributed by atoms with Crippen LogP contribution in [-0.4, -0.2) is 18.2 Å². The van der Waals surface area contributed by atoms with Gasteiger partial charge in [-0.15, -0.1) is 0 Å². The Balaban J connectivity index is 2.21. The average molecular weight is 194 g/mol. The molecule has 76 valence electrons. The Hall–Kier alpha value is -1.29. The third-order valence-corrected chi connectivity index (χ3v) is 2.17. The molecule has 2 N–H and O–H groups in total. The zero-order valence-corrected chi connectivity index (χ0v) is 8.19. The van der Waals surface area contributed by atoms with E-state index in [1.807, 2.05) is 0 Å². The van der Waals surface area contributed by atoms with Crippen molar-refractivity contribution in [3.63, 3.8) is 0 Å². The monoisotopic (exact) mass is 194 g/mol. The lowest BCUT2D eigenvalue weighted by atomic mass is 10.2. The largest absolute Gasteiger partial charge is 0.490 e. The van der Waals surface area contributed by atoms with E-state index in [1.165, 1.54) is 0 Å². The molecule has 1 heterocycles. The van der Waals surface area contributed by atoms with Crippen LogP contribution in [0.1, 0.15) is 18.4 Å². The van der Waals surface area contributed by atoms with Gasteiger partial charge in [0.1, 0.15) is 5.75 Å². The molecule has 0 unspecified atom stereocenters. The average Bonchev–Trinajstić information content (AvgIpc) is 3.01. The van der Waals surface area contributed by atoms with Crippen LogP contribution in [0.5, 0.6) is 11.6 Å². The molecule has 0 spiro atoms. The molecule has 0 radical (unpaired) electrons. The van der Waals surface area contributed by atoms with Crippen molar-refractivity contribution in [3.8, 4) is 11.6 Å². The maximum Gasteiger partial charge on any atom is 0.216 e. The van der Waals surface area contributed by atoms with Gasteiger partial charge in [0.25, 0.3) is 0 Å². The normalized spacial score (nSPS) is 15.3. The SMILES string of the molecule is COc1cc(OC2CC2)c(CN)cn1. The van der Waals surface area contributed by atoms with E-state index in [0.29, 0.717) is 18.5 Å². The highest BCUT2D eigenvalue weighted by atomic mass is 16.5. The highest BCUT2D eigenvalue weighted by Crippen LogP contribution is 2.30. The van der Waals surface area contributed by atoms with Gasteiger partial charge in [0.15, 0.2) is 0 Å². The Morgan fingerprint density at radius 2 is 2.36 bits per heavy atom. The van der Waals surface area contributed by atoms with Gasteiger partial charge in [-0.3, -0.25) is 0 Å². The Morgan fingerprint density at radius 3 is 2.93 bits per heavy atom. The fourth-order valence-corrected chi connectivity index (χ4v) is 1.19. The van der Waals surface area contributed by atoms with Crippen molar-refractivity contribution in [1.82, 2.24) is 4.98 Å². The molecule has 2 rings (SSSR count). The lowest BCUT2D eigenvalue weighted by Crippen LogP contribution is -2.05. The molecule has 0 saturated heterocycles. The molecule has 0 aliphatic heterocycles. The van der Waals surface area contributed by atoms with Crippen molar-refractivity contribution in [2.24, 2.45) is 5.73 Å². The number of hydrogen-bond donors (Lipinski definition) is 1. The molecule has 1 aliphatic rings. The second-order valence-corrected chi connectivity index (χ2v) is 3.36. The second-order valence-electron chi connectivity index (χ2n) is 3.36. The van der Waals surface area contributed by atoms with E-state index < -0.39 is 0 Å². The molecule has 1 aromatic heterocycles. The quantitative estimate of drug-likeness (QED) is 0.779. The minimum absolute atomic E-state index is 0.368. The minimum atomic E-state index is 0.368. The maximum atomic E-state index is 5.69. The summed E-state index contributed by atoms with van der Waals surface area (Å²) in [7, 11) is 1.59. The Morgan fingerprint density at radius 1 is 1.57 bits per heavy atom. The van der Waals surface area contributed by atoms with Crippen LogP contribution >= 0.6 is 0 Å². The number of pyridine rings is 1. The van der Waals surface area contributed by atoms with Gasteiger partial charge in [0, 0.05) is 24.4 Å². The first kappa shape index (κ1) is 9.27. The predicted molar refractivity (Wildman–Crippen MR) is 52.3 cm³/mol. The number of aromatic nitrogens is 1. The molecule has 0 atom stereocenters. The van der Waals surface area contributed by atoms with Gasteiger partial charge in [-0.2, -0.15) is 0 Å². The predicted octanol–water partition coefficient (Wildman–Crippen LogP) is 1.09. The summed E-state index contributed by atoms with van der Waals surface area (Å²) in [5.74, 6) is 1.37. The van der Waals surface area contributed by atoms with Gasteiger partial charge < -0.3 is 15.2 Å². The smallest absolute Gasteiger partial charge is 0.216 e. The van der Waals surface area contributed by atoms with Gasteiger partial charge in [-0.1, -0.05) is 0 Å². The molecule has 1 aromatic rings. The summed E-state index contributed by atoms with van der Waals surface area (Å²) < 4.78 is 10.7. The van der Waals surface area contributed by atoms with E-state index in [1.54, 1.807) is 19.4 Å². The third kappa shape index (κ3) is 1.96. The Labute approximate surface area is 83.0 Å². The highest BCUT2D eigenvalue weighted by Gasteiger charge is 2.24. The van der Waals surface area contributed by atoms with E-state index >= 15 is 0 Å². The molecule has 4 nitrogen and oxygen atoms in total. The second kappa shape index (κ2) is 3.84. The number of nitrogens with zero attached hydrogens (tertiary/aromatic N) is 1. The molecule has 0 aromatic carbocycles. The maximum absolute atomic E-state index is 5.69. The number of nitrogens with two attached hydrogens (primary N) is 1. The standard InChI is InChI=1S/C10H14N2O2/c1-13-10-4-9(14-8-2-3-8)7(5-11)6-12-10/h4,6,8H,2-3,5,11H2,1H3. The molecular weight excluding hydrogens is 180 g/mol. The van der Waals surface area contributed by atoms with Crippen LogP contribution in [-0.2, 0) is 6.54 Å². The van der Waals surface area contributed by atoms with Crippen LogP contribution in [0.3, 0.4) is 0 Å². The molecule has 14 heavy (non-hydrogen) atoms. The summed E-state index contributed by atoms with van der Waals surface area (Å²) in [6, 6.07) is 1.79. The number of methoxy groups -OCH3 is 1. The molecule has 1 saturated carbocycles. The zero-order valence-electron chi connectivity index (χ0n) is 8.19.